The number of rotatable bonds is 2. The van der Waals surface area contributed by atoms with E-state index in [1.807, 2.05) is 13.0 Å². The van der Waals surface area contributed by atoms with Crippen molar-refractivity contribution in [1.29, 1.82) is 0 Å². The summed E-state index contributed by atoms with van der Waals surface area (Å²) in [5, 5.41) is 7.36. The average Bonchev–Trinajstić information content (AvgIpc) is 2.98. The van der Waals surface area contributed by atoms with Crippen molar-refractivity contribution in [2.75, 3.05) is 6.54 Å². The Labute approximate surface area is 99.2 Å². The van der Waals surface area contributed by atoms with Crippen molar-refractivity contribution in [3.63, 3.8) is 0 Å². The molecule has 1 fully saturated rings. The van der Waals surface area contributed by atoms with E-state index in [1.165, 1.54) is 12.8 Å². The zero-order valence-electron chi connectivity index (χ0n) is 9.77. The number of aromatic nitrogens is 2. The van der Waals surface area contributed by atoms with Crippen molar-refractivity contribution in [3.05, 3.63) is 23.8 Å². The molecule has 0 radical (unpaired) electrons. The Morgan fingerprint density at radius 2 is 2.35 bits per heavy atom. The largest absolute Gasteiger partial charge is 0.461 e. The van der Waals surface area contributed by atoms with Crippen molar-refractivity contribution in [2.45, 2.75) is 32.2 Å². The first-order valence-electron chi connectivity index (χ1n) is 5.96. The van der Waals surface area contributed by atoms with Crippen LogP contribution in [0.4, 0.5) is 0 Å². The van der Waals surface area contributed by atoms with E-state index in [9.17, 15) is 0 Å². The highest BCUT2D eigenvalue weighted by Crippen LogP contribution is 2.25. The third kappa shape index (κ3) is 1.98. The predicted molar refractivity (Wildman–Crippen MR) is 61.3 cm³/mol. The molecule has 0 aromatic carbocycles. The van der Waals surface area contributed by atoms with Crippen molar-refractivity contribution in [2.24, 2.45) is 0 Å². The van der Waals surface area contributed by atoms with Crippen LogP contribution in [0.5, 0.6) is 0 Å². The summed E-state index contributed by atoms with van der Waals surface area (Å²) in [6, 6.07) is 2.09. The van der Waals surface area contributed by atoms with Crippen LogP contribution in [0.15, 0.2) is 21.3 Å². The first-order valence-corrected chi connectivity index (χ1v) is 5.96. The highest BCUT2D eigenvalue weighted by atomic mass is 16.5. The smallest absolute Gasteiger partial charge is 0.244 e. The number of piperidine rings is 1. The van der Waals surface area contributed by atoms with Gasteiger partial charge in [0.1, 0.15) is 0 Å². The molecule has 1 atom stereocenters. The number of hydrogen-bond acceptors (Lipinski definition) is 5. The molecule has 5 nitrogen and oxygen atoms in total. The van der Waals surface area contributed by atoms with Gasteiger partial charge in [-0.05, 0) is 37.9 Å². The molecule has 17 heavy (non-hydrogen) atoms. The van der Waals surface area contributed by atoms with Gasteiger partial charge in [-0.15, -0.1) is 0 Å². The topological polar surface area (TPSA) is 64.1 Å². The fourth-order valence-corrected chi connectivity index (χ4v) is 2.13. The molecule has 1 aliphatic heterocycles. The molecular weight excluding hydrogens is 218 g/mol. The Bertz CT molecular complexity index is 497. The van der Waals surface area contributed by atoms with Crippen LogP contribution in [-0.4, -0.2) is 16.7 Å². The van der Waals surface area contributed by atoms with E-state index in [2.05, 4.69) is 15.5 Å². The molecule has 0 aliphatic carbocycles. The first kappa shape index (κ1) is 10.5. The monoisotopic (exact) mass is 233 g/mol. The van der Waals surface area contributed by atoms with Gasteiger partial charge in [0.05, 0.1) is 12.3 Å². The lowest BCUT2D eigenvalue weighted by Crippen LogP contribution is -2.26. The number of furan rings is 1. The number of nitrogens with one attached hydrogen (secondary N) is 1. The molecule has 1 aliphatic rings. The minimum atomic E-state index is 0.195. The van der Waals surface area contributed by atoms with E-state index >= 15 is 0 Å². The third-order valence-corrected chi connectivity index (χ3v) is 3.12. The lowest BCUT2D eigenvalue weighted by Gasteiger charge is -2.19. The number of hydrogen-bond donors (Lipinski definition) is 1. The van der Waals surface area contributed by atoms with Crippen LogP contribution in [0.2, 0.25) is 0 Å². The van der Waals surface area contributed by atoms with E-state index in [0.717, 1.165) is 18.5 Å². The van der Waals surface area contributed by atoms with E-state index in [-0.39, 0.29) is 6.04 Å². The van der Waals surface area contributed by atoms with E-state index < -0.39 is 0 Å². The summed E-state index contributed by atoms with van der Waals surface area (Å²) in [6.07, 6.45) is 5.11. The zero-order valence-corrected chi connectivity index (χ0v) is 9.77. The summed E-state index contributed by atoms with van der Waals surface area (Å²) < 4.78 is 10.6. The molecule has 90 valence electrons. The molecule has 0 spiro atoms. The molecule has 2 aromatic rings. The summed E-state index contributed by atoms with van der Waals surface area (Å²) >= 11 is 0. The van der Waals surface area contributed by atoms with Crippen LogP contribution >= 0.6 is 0 Å². The van der Waals surface area contributed by atoms with E-state index in [1.54, 1.807) is 6.26 Å². The highest BCUT2D eigenvalue weighted by molar-refractivity contribution is 5.51. The van der Waals surface area contributed by atoms with Crippen LogP contribution in [0.3, 0.4) is 0 Å². The molecule has 0 bridgehead atoms. The fraction of sp³-hybridized carbons (Fsp3) is 0.500. The SMILES string of the molecule is Cc1ccoc1-c1noc([C@@H]2CCCCN2)n1. The third-order valence-electron chi connectivity index (χ3n) is 3.12. The van der Waals surface area contributed by atoms with Gasteiger partial charge in [0.15, 0.2) is 5.76 Å². The van der Waals surface area contributed by atoms with Gasteiger partial charge in [-0.25, -0.2) is 0 Å². The Morgan fingerprint density at radius 3 is 3.06 bits per heavy atom. The van der Waals surface area contributed by atoms with E-state index in [4.69, 9.17) is 8.94 Å². The normalized spacial score (nSPS) is 20.6. The van der Waals surface area contributed by atoms with Crippen LogP contribution < -0.4 is 5.32 Å². The molecule has 5 heteroatoms. The Kier molecular flexibility index (Phi) is 2.68. The molecule has 1 N–H and O–H groups in total. The second kappa shape index (κ2) is 4.33. The van der Waals surface area contributed by atoms with Crippen molar-refractivity contribution < 1.29 is 8.94 Å². The number of aryl methyl sites for hydroxylation is 1. The standard InChI is InChI=1S/C12H15N3O2/c1-8-5-7-16-10(8)11-14-12(17-15-11)9-4-2-3-6-13-9/h5,7,9,13H,2-4,6H2,1H3/t9-/m0/s1. The van der Waals surface area contributed by atoms with Gasteiger partial charge in [0.25, 0.3) is 0 Å². The van der Waals surface area contributed by atoms with Crippen molar-refractivity contribution in [1.82, 2.24) is 15.5 Å². The molecule has 0 amide bonds. The van der Waals surface area contributed by atoms with Crippen LogP contribution in [-0.2, 0) is 0 Å². The maximum atomic E-state index is 5.35. The van der Waals surface area contributed by atoms with Gasteiger partial charge in [0, 0.05) is 0 Å². The number of nitrogens with zero attached hydrogens (tertiary/aromatic N) is 2. The summed E-state index contributed by atoms with van der Waals surface area (Å²) in [4.78, 5) is 4.40. The predicted octanol–water partition coefficient (Wildman–Crippen LogP) is 2.45. The molecule has 0 unspecified atom stereocenters. The van der Waals surface area contributed by atoms with Gasteiger partial charge in [-0.1, -0.05) is 11.6 Å². The van der Waals surface area contributed by atoms with Gasteiger partial charge in [-0.2, -0.15) is 4.98 Å². The Balaban J connectivity index is 1.85. The summed E-state index contributed by atoms with van der Waals surface area (Å²) in [5.74, 6) is 1.89. The van der Waals surface area contributed by atoms with Gasteiger partial charge >= 0.3 is 0 Å². The second-order valence-electron chi connectivity index (χ2n) is 4.39. The molecule has 3 heterocycles. The van der Waals surface area contributed by atoms with Crippen LogP contribution in [0, 0.1) is 6.92 Å². The fourth-order valence-electron chi connectivity index (χ4n) is 2.13. The highest BCUT2D eigenvalue weighted by Gasteiger charge is 2.22. The van der Waals surface area contributed by atoms with Gasteiger partial charge in [0.2, 0.25) is 11.7 Å². The summed E-state index contributed by atoms with van der Waals surface area (Å²) in [5.41, 5.74) is 1.02. The summed E-state index contributed by atoms with van der Waals surface area (Å²) in [6.45, 7) is 2.98. The Morgan fingerprint density at radius 1 is 1.41 bits per heavy atom. The first-order chi connectivity index (χ1) is 8.34. The molecule has 0 saturated carbocycles. The zero-order chi connectivity index (χ0) is 11.7. The maximum absolute atomic E-state index is 5.35. The van der Waals surface area contributed by atoms with E-state index in [0.29, 0.717) is 17.5 Å². The molecule has 1 saturated heterocycles. The lowest BCUT2D eigenvalue weighted by atomic mass is 10.1. The second-order valence-corrected chi connectivity index (χ2v) is 4.39. The lowest BCUT2D eigenvalue weighted by molar-refractivity contribution is 0.297. The molecule has 3 rings (SSSR count). The maximum Gasteiger partial charge on any atom is 0.244 e. The average molecular weight is 233 g/mol. The minimum Gasteiger partial charge on any atom is -0.461 e. The minimum absolute atomic E-state index is 0.195. The van der Waals surface area contributed by atoms with Gasteiger partial charge in [-0.3, -0.25) is 0 Å². The van der Waals surface area contributed by atoms with Crippen molar-refractivity contribution in [3.8, 4) is 11.6 Å². The van der Waals surface area contributed by atoms with Gasteiger partial charge < -0.3 is 14.3 Å². The Hall–Kier alpha value is -1.62. The summed E-state index contributed by atoms with van der Waals surface area (Å²) in [7, 11) is 0. The quantitative estimate of drug-likeness (QED) is 0.863. The van der Waals surface area contributed by atoms with Crippen LogP contribution in [0.25, 0.3) is 11.6 Å². The molecular formula is C12H15N3O2. The van der Waals surface area contributed by atoms with Crippen molar-refractivity contribution >= 4 is 0 Å². The molecule has 2 aromatic heterocycles. The van der Waals surface area contributed by atoms with Crippen LogP contribution in [0.1, 0.15) is 36.8 Å².